The van der Waals surface area contributed by atoms with E-state index < -0.39 is 5.79 Å². The minimum atomic E-state index is -0.514. The van der Waals surface area contributed by atoms with Crippen molar-refractivity contribution in [3.8, 4) is 17.3 Å². The number of nitrogens with one attached hydrogen (secondary N) is 1. The monoisotopic (exact) mass is 404 g/mol. The third-order valence-corrected chi connectivity index (χ3v) is 5.62. The van der Waals surface area contributed by atoms with Crippen LogP contribution in [0.15, 0.2) is 48.8 Å². The fourth-order valence-corrected chi connectivity index (χ4v) is 4.24. The summed E-state index contributed by atoms with van der Waals surface area (Å²) < 4.78 is 13.9. The molecule has 1 saturated carbocycles. The number of nitrogens with zero attached hydrogens (tertiary/aromatic N) is 3. The van der Waals surface area contributed by atoms with Crippen molar-refractivity contribution in [1.29, 1.82) is 0 Å². The first-order chi connectivity index (χ1) is 14.5. The second-order valence-electron chi connectivity index (χ2n) is 8.14. The summed E-state index contributed by atoms with van der Waals surface area (Å²) >= 11 is 0. The number of anilines is 1. The Morgan fingerprint density at radius 1 is 1.13 bits per heavy atom. The number of ether oxygens (including phenoxy) is 2. The van der Waals surface area contributed by atoms with Crippen LogP contribution in [0.1, 0.15) is 61.5 Å². The summed E-state index contributed by atoms with van der Waals surface area (Å²) in [4.78, 5) is 17.4. The van der Waals surface area contributed by atoms with E-state index in [-0.39, 0.29) is 11.8 Å². The molecule has 0 bridgehead atoms. The molecule has 1 amide bonds. The average Bonchev–Trinajstić information content (AvgIpc) is 3.46. The van der Waals surface area contributed by atoms with Gasteiger partial charge in [-0.1, -0.05) is 19.9 Å². The second kappa shape index (κ2) is 7.16. The lowest BCUT2D eigenvalue weighted by atomic mass is 10.1. The van der Waals surface area contributed by atoms with Gasteiger partial charge in [0, 0.05) is 30.8 Å². The zero-order valence-corrected chi connectivity index (χ0v) is 17.1. The number of carbonyl (C=O) groups is 1. The van der Waals surface area contributed by atoms with Gasteiger partial charge in [-0.2, -0.15) is 5.10 Å². The molecule has 7 heteroatoms. The van der Waals surface area contributed by atoms with Crippen molar-refractivity contribution in [1.82, 2.24) is 14.8 Å². The van der Waals surface area contributed by atoms with Crippen molar-refractivity contribution in [3.63, 3.8) is 0 Å². The summed E-state index contributed by atoms with van der Waals surface area (Å²) in [6.07, 6.45) is 7.32. The molecule has 7 nitrogen and oxygen atoms in total. The van der Waals surface area contributed by atoms with Crippen LogP contribution in [0.25, 0.3) is 5.82 Å². The first kappa shape index (κ1) is 18.7. The van der Waals surface area contributed by atoms with E-state index in [1.165, 1.54) is 0 Å². The summed E-state index contributed by atoms with van der Waals surface area (Å²) in [5.41, 5.74) is 2.01. The van der Waals surface area contributed by atoms with Crippen molar-refractivity contribution in [2.75, 3.05) is 5.32 Å². The molecular formula is C23H24N4O3. The molecule has 1 spiro atoms. The lowest BCUT2D eigenvalue weighted by Crippen LogP contribution is -2.34. The predicted molar refractivity (Wildman–Crippen MR) is 112 cm³/mol. The summed E-state index contributed by atoms with van der Waals surface area (Å²) in [5, 5.41) is 7.40. The van der Waals surface area contributed by atoms with Crippen LogP contribution in [0, 0.1) is 0 Å². The molecule has 1 aliphatic carbocycles. The summed E-state index contributed by atoms with van der Waals surface area (Å²) in [5.74, 6) is 1.47. The zero-order chi connectivity index (χ0) is 20.7. The number of fused-ring (bicyclic) bond motifs is 1. The number of benzene rings is 1. The molecular weight excluding hydrogens is 380 g/mol. The standard InChI is InChI=1S/C23H24N4O3/c1-15(2)21-17(14-25-27(21)20-7-3-6-12-24-20)22(28)26-16-8-9-18-19(13-16)30-23(29-18)10-4-5-11-23/h3,6-9,12-15H,4-5,10-11H2,1-2H3,(H,26,28). The van der Waals surface area contributed by atoms with E-state index >= 15 is 0 Å². The van der Waals surface area contributed by atoms with Gasteiger partial charge in [-0.25, -0.2) is 9.67 Å². The van der Waals surface area contributed by atoms with Crippen LogP contribution >= 0.6 is 0 Å². The molecule has 0 saturated heterocycles. The van der Waals surface area contributed by atoms with Crippen molar-refractivity contribution in [3.05, 3.63) is 60.0 Å². The van der Waals surface area contributed by atoms with Crippen LogP contribution in [0.3, 0.4) is 0 Å². The largest absolute Gasteiger partial charge is 0.448 e. The lowest BCUT2D eigenvalue weighted by Gasteiger charge is -2.21. The number of hydrogen-bond donors (Lipinski definition) is 1. The SMILES string of the molecule is CC(C)c1c(C(=O)Nc2ccc3c(c2)OC2(CCCC2)O3)cnn1-c1ccccn1. The zero-order valence-electron chi connectivity index (χ0n) is 17.1. The fourth-order valence-electron chi connectivity index (χ4n) is 4.24. The normalized spacial score (nSPS) is 16.4. The minimum absolute atomic E-state index is 0.0919. The molecule has 3 heterocycles. The highest BCUT2D eigenvalue weighted by atomic mass is 16.7. The summed E-state index contributed by atoms with van der Waals surface area (Å²) in [6.45, 7) is 4.07. The van der Waals surface area contributed by atoms with Gasteiger partial charge >= 0.3 is 0 Å². The number of pyridine rings is 1. The molecule has 30 heavy (non-hydrogen) atoms. The van der Waals surface area contributed by atoms with Crippen molar-refractivity contribution < 1.29 is 14.3 Å². The fraction of sp³-hybridized carbons (Fsp3) is 0.348. The van der Waals surface area contributed by atoms with Crippen LogP contribution < -0.4 is 14.8 Å². The smallest absolute Gasteiger partial charge is 0.259 e. The van der Waals surface area contributed by atoms with E-state index in [9.17, 15) is 4.79 Å². The van der Waals surface area contributed by atoms with Gasteiger partial charge in [0.25, 0.3) is 11.7 Å². The molecule has 5 rings (SSSR count). The Balaban J connectivity index is 1.40. The van der Waals surface area contributed by atoms with Gasteiger partial charge < -0.3 is 14.8 Å². The van der Waals surface area contributed by atoms with E-state index in [0.717, 1.165) is 37.1 Å². The third kappa shape index (κ3) is 3.20. The maximum atomic E-state index is 13.1. The van der Waals surface area contributed by atoms with Gasteiger partial charge in [-0.05, 0) is 43.0 Å². The van der Waals surface area contributed by atoms with Crippen LogP contribution in [0.2, 0.25) is 0 Å². The van der Waals surface area contributed by atoms with E-state index in [1.54, 1.807) is 17.1 Å². The Hall–Kier alpha value is -3.35. The molecule has 1 aromatic carbocycles. The third-order valence-electron chi connectivity index (χ3n) is 5.62. The van der Waals surface area contributed by atoms with Crippen molar-refractivity contribution >= 4 is 11.6 Å². The van der Waals surface area contributed by atoms with Gasteiger partial charge in [0.1, 0.15) is 0 Å². The molecule has 3 aromatic rings. The first-order valence-electron chi connectivity index (χ1n) is 10.4. The Morgan fingerprint density at radius 3 is 2.67 bits per heavy atom. The number of carbonyl (C=O) groups excluding carboxylic acids is 1. The van der Waals surface area contributed by atoms with Gasteiger partial charge in [0.2, 0.25) is 0 Å². The predicted octanol–water partition coefficient (Wildman–Crippen LogP) is 4.68. The van der Waals surface area contributed by atoms with Crippen LogP contribution in [0.4, 0.5) is 5.69 Å². The molecule has 2 aliphatic rings. The number of hydrogen-bond acceptors (Lipinski definition) is 5. The molecule has 0 atom stereocenters. The Kier molecular flexibility index (Phi) is 4.46. The van der Waals surface area contributed by atoms with Crippen LogP contribution in [-0.4, -0.2) is 26.5 Å². The van der Waals surface area contributed by atoms with E-state index in [0.29, 0.717) is 22.8 Å². The van der Waals surface area contributed by atoms with E-state index in [4.69, 9.17) is 9.47 Å². The molecule has 1 aliphatic heterocycles. The summed E-state index contributed by atoms with van der Waals surface area (Å²) in [6, 6.07) is 11.2. The quantitative estimate of drug-likeness (QED) is 0.683. The second-order valence-corrected chi connectivity index (χ2v) is 8.14. The van der Waals surface area contributed by atoms with Gasteiger partial charge in [-0.15, -0.1) is 0 Å². The highest BCUT2D eigenvalue weighted by molar-refractivity contribution is 6.05. The molecule has 1 N–H and O–H groups in total. The maximum absolute atomic E-state index is 13.1. The summed E-state index contributed by atoms with van der Waals surface area (Å²) in [7, 11) is 0. The van der Waals surface area contributed by atoms with Gasteiger partial charge in [0.15, 0.2) is 17.3 Å². The minimum Gasteiger partial charge on any atom is -0.448 e. The maximum Gasteiger partial charge on any atom is 0.259 e. The average molecular weight is 404 g/mol. The van der Waals surface area contributed by atoms with Crippen LogP contribution in [0.5, 0.6) is 11.5 Å². The van der Waals surface area contributed by atoms with Crippen LogP contribution in [-0.2, 0) is 0 Å². The van der Waals surface area contributed by atoms with Crippen molar-refractivity contribution in [2.45, 2.75) is 51.2 Å². The van der Waals surface area contributed by atoms with Gasteiger partial charge in [-0.3, -0.25) is 4.79 Å². The first-order valence-corrected chi connectivity index (χ1v) is 10.4. The molecule has 2 aromatic heterocycles. The lowest BCUT2D eigenvalue weighted by molar-refractivity contribution is -0.0716. The number of amides is 1. The Labute approximate surface area is 175 Å². The highest BCUT2D eigenvalue weighted by Crippen LogP contribution is 2.47. The molecule has 0 unspecified atom stereocenters. The molecule has 0 radical (unpaired) electrons. The molecule has 1 fully saturated rings. The Bertz CT molecular complexity index is 1090. The van der Waals surface area contributed by atoms with Gasteiger partial charge in [0.05, 0.1) is 17.5 Å². The highest BCUT2D eigenvalue weighted by Gasteiger charge is 2.44. The van der Waals surface area contributed by atoms with E-state index in [1.807, 2.05) is 50.2 Å². The van der Waals surface area contributed by atoms with E-state index in [2.05, 4.69) is 15.4 Å². The number of rotatable bonds is 4. The number of aromatic nitrogens is 3. The molecule has 154 valence electrons. The topological polar surface area (TPSA) is 78.3 Å². The Morgan fingerprint density at radius 2 is 1.93 bits per heavy atom. The van der Waals surface area contributed by atoms with Crippen molar-refractivity contribution in [2.24, 2.45) is 0 Å².